The van der Waals surface area contributed by atoms with Gasteiger partial charge < -0.3 is 9.84 Å². The van der Waals surface area contributed by atoms with Gasteiger partial charge in [-0.05, 0) is 13.0 Å². The maximum absolute atomic E-state index is 10.9. The molecule has 0 spiro atoms. The molecule has 0 bridgehead atoms. The molecule has 12 heavy (non-hydrogen) atoms. The molecule has 0 saturated heterocycles. The van der Waals surface area contributed by atoms with Gasteiger partial charge in [-0.1, -0.05) is 6.58 Å². The van der Waals surface area contributed by atoms with Gasteiger partial charge >= 0.3 is 5.97 Å². The van der Waals surface area contributed by atoms with E-state index in [1.54, 1.807) is 0 Å². The summed E-state index contributed by atoms with van der Waals surface area (Å²) in [7, 11) is 0. The van der Waals surface area contributed by atoms with Gasteiger partial charge in [0.05, 0.1) is 6.61 Å². The van der Waals surface area contributed by atoms with Crippen LogP contribution in [0.5, 0.6) is 0 Å². The van der Waals surface area contributed by atoms with E-state index in [9.17, 15) is 9.59 Å². The Morgan fingerprint density at radius 2 is 2.25 bits per heavy atom. The minimum absolute atomic E-state index is 0.0758. The van der Waals surface area contributed by atoms with Gasteiger partial charge in [0.1, 0.15) is 12.5 Å². The summed E-state index contributed by atoms with van der Waals surface area (Å²) >= 11 is 0. The third-order valence-electron chi connectivity index (χ3n) is 1.32. The summed E-state index contributed by atoms with van der Waals surface area (Å²) in [6, 6.07) is 0. The highest BCUT2D eigenvalue weighted by atomic mass is 16.5. The molecule has 0 saturated carbocycles. The number of rotatable bonds is 5. The number of hydrogen-bond acceptors (Lipinski definition) is 4. The van der Waals surface area contributed by atoms with Crippen molar-refractivity contribution >= 4 is 11.8 Å². The van der Waals surface area contributed by atoms with E-state index in [4.69, 9.17) is 5.11 Å². The molecular weight excluding hydrogens is 160 g/mol. The van der Waals surface area contributed by atoms with E-state index in [-0.39, 0.29) is 19.0 Å². The minimum atomic E-state index is -0.825. The fourth-order valence-corrected chi connectivity index (χ4v) is 0.564. The first-order valence-corrected chi connectivity index (χ1v) is 3.57. The van der Waals surface area contributed by atoms with Crippen LogP contribution in [0, 0.1) is 5.92 Å². The van der Waals surface area contributed by atoms with Crippen molar-refractivity contribution in [2.75, 3.05) is 13.2 Å². The maximum Gasteiger partial charge on any atom is 0.316 e. The van der Waals surface area contributed by atoms with Gasteiger partial charge in [0.2, 0.25) is 0 Å². The number of aliphatic hydroxyl groups is 1. The summed E-state index contributed by atoms with van der Waals surface area (Å²) in [6.07, 6.45) is 1.07. The molecule has 0 aromatic rings. The molecule has 0 radical (unpaired) electrons. The molecule has 1 N–H and O–H groups in total. The average molecular weight is 172 g/mol. The standard InChI is InChI=1S/C8H12O4/c1-3-7(10)6(2)8(11)12-5-4-9/h3,6,9H,1,4-5H2,2H3. The van der Waals surface area contributed by atoms with Crippen LogP contribution in [0.25, 0.3) is 0 Å². The van der Waals surface area contributed by atoms with E-state index in [1.165, 1.54) is 6.92 Å². The van der Waals surface area contributed by atoms with E-state index >= 15 is 0 Å². The lowest BCUT2D eigenvalue weighted by Gasteiger charge is -2.06. The van der Waals surface area contributed by atoms with E-state index in [2.05, 4.69) is 11.3 Å². The van der Waals surface area contributed by atoms with Crippen molar-refractivity contribution in [2.45, 2.75) is 6.92 Å². The molecule has 0 heterocycles. The molecule has 1 atom stereocenters. The van der Waals surface area contributed by atoms with Crippen LogP contribution in [0.4, 0.5) is 0 Å². The number of ketones is 1. The van der Waals surface area contributed by atoms with Crippen LogP contribution < -0.4 is 0 Å². The summed E-state index contributed by atoms with van der Waals surface area (Å²) in [5.74, 6) is -1.83. The SMILES string of the molecule is C=CC(=O)C(C)C(=O)OCCO. The third kappa shape index (κ3) is 3.30. The van der Waals surface area contributed by atoms with E-state index in [1.807, 2.05) is 0 Å². The highest BCUT2D eigenvalue weighted by Gasteiger charge is 2.19. The van der Waals surface area contributed by atoms with Gasteiger partial charge in [0.25, 0.3) is 0 Å². The summed E-state index contributed by atoms with van der Waals surface area (Å²) in [6.45, 7) is 4.36. The van der Waals surface area contributed by atoms with Crippen LogP contribution in [0.1, 0.15) is 6.92 Å². The molecule has 0 aliphatic rings. The molecule has 1 unspecified atom stereocenters. The Morgan fingerprint density at radius 3 is 2.67 bits per heavy atom. The summed E-state index contributed by atoms with van der Waals surface area (Å²) in [5, 5.41) is 8.31. The smallest absolute Gasteiger partial charge is 0.316 e. The van der Waals surface area contributed by atoms with Crippen molar-refractivity contribution in [1.29, 1.82) is 0 Å². The van der Waals surface area contributed by atoms with Crippen LogP contribution in [-0.4, -0.2) is 30.1 Å². The molecule has 0 fully saturated rings. The lowest BCUT2D eigenvalue weighted by atomic mass is 10.1. The molecule has 0 amide bonds. The number of esters is 1. The van der Waals surface area contributed by atoms with Crippen molar-refractivity contribution in [3.8, 4) is 0 Å². The monoisotopic (exact) mass is 172 g/mol. The molecule has 4 heteroatoms. The number of carbonyl (C=O) groups is 2. The highest BCUT2D eigenvalue weighted by Crippen LogP contribution is 2.00. The topological polar surface area (TPSA) is 63.6 Å². The number of hydrogen-bond donors (Lipinski definition) is 1. The lowest BCUT2D eigenvalue weighted by Crippen LogP contribution is -2.22. The number of carbonyl (C=O) groups excluding carboxylic acids is 2. The van der Waals surface area contributed by atoms with Gasteiger partial charge in [0, 0.05) is 0 Å². The van der Waals surface area contributed by atoms with Gasteiger partial charge in [-0.15, -0.1) is 0 Å². The van der Waals surface area contributed by atoms with Crippen LogP contribution in [0.2, 0.25) is 0 Å². The Kier molecular flexibility index (Phi) is 4.96. The Hall–Kier alpha value is -1.16. The quantitative estimate of drug-likeness (QED) is 0.357. The first-order chi connectivity index (χ1) is 5.63. The van der Waals surface area contributed by atoms with E-state index < -0.39 is 11.9 Å². The molecule has 0 aromatic heterocycles. The Balaban J connectivity index is 3.92. The second-order valence-corrected chi connectivity index (χ2v) is 2.22. The van der Waals surface area contributed by atoms with Gasteiger partial charge in [0.15, 0.2) is 5.78 Å². The Morgan fingerprint density at radius 1 is 1.67 bits per heavy atom. The second kappa shape index (κ2) is 5.49. The van der Waals surface area contributed by atoms with Crippen molar-refractivity contribution in [3.05, 3.63) is 12.7 Å². The van der Waals surface area contributed by atoms with Gasteiger partial charge in [-0.3, -0.25) is 9.59 Å². The predicted octanol–water partition coefficient (Wildman–Crippen LogP) is -0.0869. The van der Waals surface area contributed by atoms with Gasteiger partial charge in [-0.25, -0.2) is 0 Å². The van der Waals surface area contributed by atoms with Crippen molar-refractivity contribution in [2.24, 2.45) is 5.92 Å². The normalized spacial score (nSPS) is 11.8. The Bertz CT molecular complexity index is 185. The van der Waals surface area contributed by atoms with Crippen LogP contribution in [0.3, 0.4) is 0 Å². The van der Waals surface area contributed by atoms with E-state index in [0.717, 1.165) is 6.08 Å². The average Bonchev–Trinajstić information content (AvgIpc) is 2.11. The highest BCUT2D eigenvalue weighted by molar-refractivity contribution is 6.04. The number of ether oxygens (including phenoxy) is 1. The zero-order chi connectivity index (χ0) is 9.56. The minimum Gasteiger partial charge on any atom is -0.463 e. The summed E-state index contributed by atoms with van der Waals surface area (Å²) in [4.78, 5) is 21.7. The zero-order valence-electron chi connectivity index (χ0n) is 6.95. The fraction of sp³-hybridized carbons (Fsp3) is 0.500. The van der Waals surface area contributed by atoms with Crippen molar-refractivity contribution in [1.82, 2.24) is 0 Å². The van der Waals surface area contributed by atoms with Crippen LogP contribution >= 0.6 is 0 Å². The molecule has 0 aliphatic carbocycles. The lowest BCUT2D eigenvalue weighted by molar-refractivity contribution is -0.151. The summed E-state index contributed by atoms with van der Waals surface area (Å²) in [5.41, 5.74) is 0. The molecule has 4 nitrogen and oxygen atoms in total. The first kappa shape index (κ1) is 10.8. The number of allylic oxidation sites excluding steroid dienone is 1. The van der Waals surface area contributed by atoms with Crippen molar-refractivity contribution < 1.29 is 19.4 Å². The van der Waals surface area contributed by atoms with Crippen molar-refractivity contribution in [3.63, 3.8) is 0 Å². The largest absolute Gasteiger partial charge is 0.463 e. The second-order valence-electron chi connectivity index (χ2n) is 2.22. The van der Waals surface area contributed by atoms with Crippen LogP contribution in [-0.2, 0) is 14.3 Å². The first-order valence-electron chi connectivity index (χ1n) is 3.57. The molecule has 0 aliphatic heterocycles. The third-order valence-corrected chi connectivity index (χ3v) is 1.32. The van der Waals surface area contributed by atoms with Crippen LogP contribution in [0.15, 0.2) is 12.7 Å². The Labute approximate surface area is 70.8 Å². The maximum atomic E-state index is 10.9. The molecule has 68 valence electrons. The predicted molar refractivity (Wildman–Crippen MR) is 42.4 cm³/mol. The zero-order valence-corrected chi connectivity index (χ0v) is 6.95. The molecule has 0 rings (SSSR count). The molecular formula is C8H12O4. The fourth-order valence-electron chi connectivity index (χ4n) is 0.564. The van der Waals surface area contributed by atoms with Gasteiger partial charge in [-0.2, -0.15) is 0 Å². The molecule has 0 aromatic carbocycles. The van der Waals surface area contributed by atoms with E-state index in [0.29, 0.717) is 0 Å². The number of aliphatic hydroxyl groups excluding tert-OH is 1. The summed E-state index contributed by atoms with van der Waals surface area (Å²) < 4.78 is 4.52.